The first-order valence-electron chi connectivity index (χ1n) is 3.64. The van der Waals surface area contributed by atoms with Crippen LogP contribution >= 0.6 is 0 Å². The third-order valence-corrected chi connectivity index (χ3v) is 1.29. The molecule has 0 fully saturated rings. The number of hydrogen-bond donors (Lipinski definition) is 3. The summed E-state index contributed by atoms with van der Waals surface area (Å²) in [7, 11) is 0. The molecule has 3 N–H and O–H groups in total. The van der Waals surface area contributed by atoms with Gasteiger partial charge in [-0.05, 0) is 0 Å². The molecule has 0 atom stereocenters. The van der Waals surface area contributed by atoms with Gasteiger partial charge in [-0.15, -0.1) is 0 Å². The van der Waals surface area contributed by atoms with E-state index in [0.29, 0.717) is 12.5 Å². The second-order valence-corrected chi connectivity index (χ2v) is 2.25. The Kier molecular flexibility index (Phi) is 3.15. The van der Waals surface area contributed by atoms with Crippen LogP contribution < -0.4 is 5.32 Å². The number of anilines is 1. The molecule has 1 aromatic heterocycles. The van der Waals surface area contributed by atoms with Crippen LogP contribution in [0.1, 0.15) is 10.4 Å². The van der Waals surface area contributed by atoms with Gasteiger partial charge in [-0.25, -0.2) is 14.8 Å². The van der Waals surface area contributed by atoms with Gasteiger partial charge in [-0.1, -0.05) is 0 Å². The largest absolute Gasteiger partial charge is 0.478 e. The fourth-order valence-corrected chi connectivity index (χ4v) is 0.697. The van der Waals surface area contributed by atoms with Crippen molar-refractivity contribution in [1.29, 1.82) is 0 Å². The van der Waals surface area contributed by atoms with Crippen LogP contribution in [-0.4, -0.2) is 39.3 Å². The van der Waals surface area contributed by atoms with Crippen molar-refractivity contribution in [2.45, 2.75) is 0 Å². The number of nitrogens with zero attached hydrogens (tertiary/aromatic N) is 2. The van der Waals surface area contributed by atoms with E-state index in [1.165, 1.54) is 12.4 Å². The normalized spacial score (nSPS) is 9.62. The summed E-state index contributed by atoms with van der Waals surface area (Å²) in [4.78, 5) is 17.8. The van der Waals surface area contributed by atoms with Crippen LogP contribution in [-0.2, 0) is 0 Å². The van der Waals surface area contributed by atoms with E-state index >= 15 is 0 Å². The van der Waals surface area contributed by atoms with Gasteiger partial charge in [-0.2, -0.15) is 0 Å². The number of hydrogen-bond acceptors (Lipinski definition) is 5. The van der Waals surface area contributed by atoms with E-state index < -0.39 is 5.97 Å². The third-order valence-electron chi connectivity index (χ3n) is 1.29. The predicted molar refractivity (Wildman–Crippen MR) is 44.6 cm³/mol. The topological polar surface area (TPSA) is 95.3 Å². The highest BCUT2D eigenvalue weighted by atomic mass is 16.4. The monoisotopic (exact) mass is 183 g/mol. The number of carboxylic acid groups (broad SMARTS) is 1. The van der Waals surface area contributed by atoms with Gasteiger partial charge in [0.05, 0.1) is 12.2 Å². The van der Waals surface area contributed by atoms with E-state index in [0.717, 1.165) is 0 Å². The lowest BCUT2D eigenvalue weighted by atomic mass is 10.3. The van der Waals surface area contributed by atoms with E-state index in [9.17, 15) is 4.79 Å². The van der Waals surface area contributed by atoms with Crippen molar-refractivity contribution in [2.24, 2.45) is 0 Å². The lowest BCUT2D eigenvalue weighted by Crippen LogP contribution is -2.09. The first-order chi connectivity index (χ1) is 6.24. The van der Waals surface area contributed by atoms with Gasteiger partial charge < -0.3 is 15.5 Å². The average Bonchev–Trinajstić information content (AvgIpc) is 2.15. The van der Waals surface area contributed by atoms with Crippen LogP contribution in [0.4, 0.5) is 5.95 Å². The number of aromatic nitrogens is 2. The van der Waals surface area contributed by atoms with Crippen LogP contribution in [0.5, 0.6) is 0 Å². The molecule has 1 heterocycles. The van der Waals surface area contributed by atoms with E-state index in [1.54, 1.807) is 0 Å². The smallest absolute Gasteiger partial charge is 0.338 e. The van der Waals surface area contributed by atoms with E-state index in [4.69, 9.17) is 10.2 Å². The molecule has 0 aliphatic carbocycles. The molecule has 6 heteroatoms. The summed E-state index contributed by atoms with van der Waals surface area (Å²) in [6.07, 6.45) is 2.41. The number of rotatable bonds is 4. The van der Waals surface area contributed by atoms with Crippen LogP contribution in [0.2, 0.25) is 0 Å². The number of aromatic carboxylic acids is 1. The van der Waals surface area contributed by atoms with Gasteiger partial charge in [0.25, 0.3) is 0 Å². The SMILES string of the molecule is O=C(O)c1cnc(NCCO)nc1. The molecule has 1 rings (SSSR count). The van der Waals surface area contributed by atoms with Gasteiger partial charge >= 0.3 is 5.97 Å². The van der Waals surface area contributed by atoms with Crippen molar-refractivity contribution in [3.8, 4) is 0 Å². The maximum atomic E-state index is 10.4. The number of aliphatic hydroxyl groups excluding tert-OH is 1. The second kappa shape index (κ2) is 4.36. The molecule has 0 aliphatic heterocycles. The Morgan fingerprint density at radius 1 is 1.46 bits per heavy atom. The Morgan fingerprint density at radius 2 is 2.08 bits per heavy atom. The second-order valence-electron chi connectivity index (χ2n) is 2.25. The molecule has 70 valence electrons. The van der Waals surface area contributed by atoms with Crippen molar-refractivity contribution in [1.82, 2.24) is 9.97 Å². The summed E-state index contributed by atoms with van der Waals surface area (Å²) in [5.41, 5.74) is 0.0366. The van der Waals surface area contributed by atoms with Gasteiger partial charge in [0.2, 0.25) is 5.95 Å². The van der Waals surface area contributed by atoms with Gasteiger partial charge in [0, 0.05) is 18.9 Å². The zero-order valence-electron chi connectivity index (χ0n) is 6.77. The lowest BCUT2D eigenvalue weighted by molar-refractivity contribution is 0.0696. The highest BCUT2D eigenvalue weighted by Crippen LogP contribution is 1.99. The predicted octanol–water partition coefficient (Wildman–Crippen LogP) is -0.421. The highest BCUT2D eigenvalue weighted by Gasteiger charge is 2.02. The van der Waals surface area contributed by atoms with Crippen molar-refractivity contribution in [2.75, 3.05) is 18.5 Å². The fraction of sp³-hybridized carbons (Fsp3) is 0.286. The molecular weight excluding hydrogens is 174 g/mol. The Labute approximate surface area is 74.3 Å². The summed E-state index contributed by atoms with van der Waals surface area (Å²) >= 11 is 0. The maximum absolute atomic E-state index is 10.4. The molecule has 13 heavy (non-hydrogen) atoms. The quantitative estimate of drug-likeness (QED) is 0.586. The summed E-state index contributed by atoms with van der Waals surface area (Å²) in [5.74, 6) is -0.757. The zero-order chi connectivity index (χ0) is 9.68. The maximum Gasteiger partial charge on any atom is 0.338 e. The molecule has 0 radical (unpaired) electrons. The van der Waals surface area contributed by atoms with Crippen molar-refractivity contribution < 1.29 is 15.0 Å². The molecule has 0 aromatic carbocycles. The average molecular weight is 183 g/mol. The van der Waals surface area contributed by atoms with Crippen LogP contribution in [0.3, 0.4) is 0 Å². The Bertz CT molecular complexity index is 286. The number of aliphatic hydroxyl groups is 1. The molecule has 1 aromatic rings. The molecular formula is C7H9N3O3. The number of nitrogens with one attached hydrogen (secondary N) is 1. The van der Waals surface area contributed by atoms with E-state index in [2.05, 4.69) is 15.3 Å². The molecule has 0 aliphatic rings. The van der Waals surface area contributed by atoms with Gasteiger partial charge in [0.1, 0.15) is 0 Å². The van der Waals surface area contributed by atoms with Gasteiger partial charge in [-0.3, -0.25) is 0 Å². The van der Waals surface area contributed by atoms with Crippen molar-refractivity contribution >= 4 is 11.9 Å². The minimum absolute atomic E-state index is 0.0238. The molecule has 0 spiro atoms. The van der Waals surface area contributed by atoms with Crippen LogP contribution in [0.25, 0.3) is 0 Å². The Morgan fingerprint density at radius 3 is 2.54 bits per heavy atom. The molecule has 0 bridgehead atoms. The first kappa shape index (κ1) is 9.40. The van der Waals surface area contributed by atoms with E-state index in [1.807, 2.05) is 0 Å². The first-order valence-corrected chi connectivity index (χ1v) is 3.64. The molecule has 6 nitrogen and oxygen atoms in total. The third kappa shape index (κ3) is 2.68. The van der Waals surface area contributed by atoms with Crippen molar-refractivity contribution in [3.05, 3.63) is 18.0 Å². The number of carboxylic acids is 1. The Balaban J connectivity index is 2.64. The van der Waals surface area contributed by atoms with Crippen LogP contribution in [0, 0.1) is 0 Å². The minimum Gasteiger partial charge on any atom is -0.478 e. The molecule has 0 amide bonds. The molecule has 0 unspecified atom stereocenters. The lowest BCUT2D eigenvalue weighted by Gasteiger charge is -2.00. The molecule has 0 saturated heterocycles. The zero-order valence-corrected chi connectivity index (χ0v) is 6.77. The van der Waals surface area contributed by atoms with Gasteiger partial charge in [0.15, 0.2) is 0 Å². The summed E-state index contributed by atoms with van der Waals surface area (Å²) < 4.78 is 0. The van der Waals surface area contributed by atoms with Crippen LogP contribution in [0.15, 0.2) is 12.4 Å². The minimum atomic E-state index is -1.06. The van der Waals surface area contributed by atoms with Crippen molar-refractivity contribution in [3.63, 3.8) is 0 Å². The summed E-state index contributed by atoms with van der Waals surface area (Å²) in [5, 5.41) is 19.7. The fourth-order valence-electron chi connectivity index (χ4n) is 0.697. The summed E-state index contributed by atoms with van der Waals surface area (Å²) in [6, 6.07) is 0. The highest BCUT2D eigenvalue weighted by molar-refractivity contribution is 5.86. The Hall–Kier alpha value is -1.69. The summed E-state index contributed by atoms with van der Waals surface area (Å²) in [6.45, 7) is 0.316. The number of carbonyl (C=O) groups is 1. The molecule has 0 saturated carbocycles. The standard InChI is InChI=1S/C7H9N3O3/c11-2-1-8-7-9-3-5(4-10-7)6(12)13/h3-4,11H,1-2H2,(H,12,13)(H,8,9,10). The van der Waals surface area contributed by atoms with E-state index in [-0.39, 0.29) is 12.2 Å².